The van der Waals surface area contributed by atoms with Gasteiger partial charge < -0.3 is 9.80 Å². The van der Waals surface area contributed by atoms with Gasteiger partial charge in [0.2, 0.25) is 11.8 Å². The van der Waals surface area contributed by atoms with Gasteiger partial charge >= 0.3 is 0 Å². The minimum atomic E-state index is -0.113. The Morgan fingerprint density at radius 1 is 1.12 bits per heavy atom. The van der Waals surface area contributed by atoms with Crippen LogP contribution in [0.5, 0.6) is 0 Å². The van der Waals surface area contributed by atoms with Crippen molar-refractivity contribution >= 4 is 17.5 Å². The number of carbonyl (C=O) groups excluding carboxylic acids is 2. The fourth-order valence-electron chi connectivity index (χ4n) is 4.72. The minimum Gasteiger partial charge on any atom is -0.340 e. The summed E-state index contributed by atoms with van der Waals surface area (Å²) >= 11 is 0. The molecule has 0 unspecified atom stereocenters. The number of benzene rings is 1. The summed E-state index contributed by atoms with van der Waals surface area (Å²) in [4.78, 5) is 31.5. The first-order valence-electron chi connectivity index (χ1n) is 9.44. The van der Waals surface area contributed by atoms with E-state index in [0.717, 1.165) is 38.0 Å². The molecule has 2 amide bonds. The Morgan fingerprint density at radius 2 is 1.84 bits per heavy atom. The van der Waals surface area contributed by atoms with Crippen LogP contribution in [0.1, 0.15) is 32.1 Å². The lowest BCUT2D eigenvalue weighted by Crippen LogP contribution is -2.64. The van der Waals surface area contributed by atoms with Crippen LogP contribution in [-0.2, 0) is 9.59 Å². The summed E-state index contributed by atoms with van der Waals surface area (Å²) in [5, 5.41) is 0. The highest BCUT2D eigenvalue weighted by atomic mass is 16.2. The molecule has 3 aliphatic rings. The lowest BCUT2D eigenvalue weighted by molar-refractivity contribution is -0.134. The smallest absolute Gasteiger partial charge is 0.241 e. The van der Waals surface area contributed by atoms with Gasteiger partial charge in [0.05, 0.1) is 12.1 Å². The lowest BCUT2D eigenvalue weighted by Gasteiger charge is -2.46. The van der Waals surface area contributed by atoms with Crippen LogP contribution in [0.25, 0.3) is 0 Å². The minimum absolute atomic E-state index is 0.113. The second-order valence-corrected chi connectivity index (χ2v) is 7.89. The molecule has 134 valence electrons. The molecule has 5 nitrogen and oxygen atoms in total. The van der Waals surface area contributed by atoms with Gasteiger partial charge in [-0.3, -0.25) is 14.5 Å². The number of piperazine rings is 1. The predicted molar refractivity (Wildman–Crippen MR) is 97.3 cm³/mol. The zero-order valence-corrected chi connectivity index (χ0v) is 15.0. The molecule has 1 atom stereocenters. The molecule has 1 saturated carbocycles. The number of hydrogen-bond donors (Lipinski definition) is 0. The van der Waals surface area contributed by atoms with E-state index in [9.17, 15) is 9.59 Å². The van der Waals surface area contributed by atoms with Crippen molar-refractivity contribution < 1.29 is 9.59 Å². The van der Waals surface area contributed by atoms with Crippen LogP contribution in [0, 0.1) is 5.92 Å². The Kier molecular flexibility index (Phi) is 4.28. The Balaban J connectivity index is 1.52. The fourth-order valence-corrected chi connectivity index (χ4v) is 4.72. The van der Waals surface area contributed by atoms with Crippen molar-refractivity contribution in [1.82, 2.24) is 9.80 Å². The highest BCUT2D eigenvalue weighted by Gasteiger charge is 2.49. The molecule has 2 heterocycles. The molecule has 1 aromatic rings. The average molecular weight is 341 g/mol. The summed E-state index contributed by atoms with van der Waals surface area (Å²) in [6.45, 7) is 2.65. The van der Waals surface area contributed by atoms with Crippen LogP contribution in [0.2, 0.25) is 0 Å². The third-order valence-electron chi connectivity index (χ3n) is 6.35. The molecule has 0 bridgehead atoms. The van der Waals surface area contributed by atoms with Crippen molar-refractivity contribution in [1.29, 1.82) is 0 Å². The number of hydrogen-bond acceptors (Lipinski definition) is 3. The largest absolute Gasteiger partial charge is 0.340 e. The van der Waals surface area contributed by atoms with E-state index in [1.807, 2.05) is 42.3 Å². The van der Waals surface area contributed by atoms with Crippen molar-refractivity contribution in [2.24, 2.45) is 5.92 Å². The molecule has 1 aromatic carbocycles. The third kappa shape index (κ3) is 2.95. The molecule has 1 spiro atoms. The fraction of sp³-hybridized carbons (Fsp3) is 0.600. The number of likely N-dealkylation sites (N-methyl/N-ethyl adjacent to an activating group) is 1. The number of anilines is 1. The normalized spacial score (nSPS) is 28.3. The molecule has 2 saturated heterocycles. The highest BCUT2D eigenvalue weighted by molar-refractivity contribution is 5.96. The van der Waals surface area contributed by atoms with Crippen molar-refractivity contribution in [3.05, 3.63) is 30.3 Å². The standard InChI is InChI=1S/C20H27N3O2/c1-21-13-18(24)23(17-9-3-2-4-10-17)15-20(21)11-12-22(14-20)19(25)16-7-5-6-8-16/h2-4,9-10,16H,5-8,11-15H2,1H3/t20-/m1/s1. The first-order chi connectivity index (χ1) is 12.1. The van der Waals surface area contributed by atoms with Gasteiger partial charge in [-0.25, -0.2) is 0 Å². The summed E-state index contributed by atoms with van der Waals surface area (Å²) in [6, 6.07) is 9.90. The van der Waals surface area contributed by atoms with Crippen LogP contribution in [0.15, 0.2) is 30.3 Å². The van der Waals surface area contributed by atoms with Crippen LogP contribution in [-0.4, -0.2) is 60.4 Å². The van der Waals surface area contributed by atoms with Crippen molar-refractivity contribution in [2.45, 2.75) is 37.6 Å². The number of nitrogens with zero attached hydrogens (tertiary/aromatic N) is 3. The summed E-state index contributed by atoms with van der Waals surface area (Å²) in [5.74, 6) is 0.710. The van der Waals surface area contributed by atoms with Crippen molar-refractivity contribution in [2.75, 3.05) is 38.1 Å². The molecule has 0 aromatic heterocycles. The SMILES string of the molecule is CN1CC(=O)N(c2ccccc2)C[C@]12CCN(C(=O)C1CCCC1)C2. The van der Waals surface area contributed by atoms with Crippen LogP contribution < -0.4 is 4.90 Å². The Hall–Kier alpha value is -1.88. The van der Waals surface area contributed by atoms with E-state index in [1.54, 1.807) is 0 Å². The molecular weight excluding hydrogens is 314 g/mol. The van der Waals surface area contributed by atoms with Gasteiger partial charge in [-0.2, -0.15) is 0 Å². The molecule has 1 aliphatic carbocycles. The molecule has 5 heteroatoms. The summed E-state index contributed by atoms with van der Waals surface area (Å²) < 4.78 is 0. The zero-order chi connectivity index (χ0) is 17.4. The van der Waals surface area contributed by atoms with Crippen LogP contribution in [0.3, 0.4) is 0 Å². The van der Waals surface area contributed by atoms with Crippen molar-refractivity contribution in [3.63, 3.8) is 0 Å². The van der Waals surface area contributed by atoms with Gasteiger partial charge in [0, 0.05) is 31.2 Å². The van der Waals surface area contributed by atoms with E-state index in [2.05, 4.69) is 9.80 Å². The number of rotatable bonds is 2. The molecule has 25 heavy (non-hydrogen) atoms. The van der Waals surface area contributed by atoms with Crippen LogP contribution in [0.4, 0.5) is 5.69 Å². The maximum atomic E-state index is 12.8. The molecular formula is C20H27N3O2. The van der Waals surface area contributed by atoms with Gasteiger partial charge in [0.15, 0.2) is 0 Å². The first kappa shape index (κ1) is 16.6. The monoisotopic (exact) mass is 341 g/mol. The van der Waals surface area contributed by atoms with Gasteiger partial charge in [-0.1, -0.05) is 31.0 Å². The van der Waals surface area contributed by atoms with Gasteiger partial charge in [-0.05, 0) is 38.4 Å². The molecule has 0 N–H and O–H groups in total. The summed E-state index contributed by atoms with van der Waals surface area (Å²) in [5.41, 5.74) is 0.846. The van der Waals surface area contributed by atoms with E-state index in [4.69, 9.17) is 0 Å². The van der Waals surface area contributed by atoms with Crippen LogP contribution >= 0.6 is 0 Å². The second kappa shape index (κ2) is 6.45. The van der Waals surface area contributed by atoms with Gasteiger partial charge in [-0.15, -0.1) is 0 Å². The zero-order valence-electron chi connectivity index (χ0n) is 15.0. The Morgan fingerprint density at radius 3 is 2.56 bits per heavy atom. The highest BCUT2D eigenvalue weighted by Crippen LogP contribution is 2.35. The van der Waals surface area contributed by atoms with Gasteiger partial charge in [0.1, 0.15) is 0 Å². The van der Waals surface area contributed by atoms with E-state index in [1.165, 1.54) is 12.8 Å². The third-order valence-corrected chi connectivity index (χ3v) is 6.35. The number of carbonyl (C=O) groups is 2. The predicted octanol–water partition coefficient (Wildman–Crippen LogP) is 2.13. The van der Waals surface area contributed by atoms with E-state index < -0.39 is 0 Å². The quantitative estimate of drug-likeness (QED) is 0.828. The Bertz CT molecular complexity index is 656. The van der Waals surface area contributed by atoms with Crippen molar-refractivity contribution in [3.8, 4) is 0 Å². The van der Waals surface area contributed by atoms with Gasteiger partial charge in [0.25, 0.3) is 0 Å². The average Bonchev–Trinajstić information content (AvgIpc) is 3.30. The molecule has 2 aliphatic heterocycles. The summed E-state index contributed by atoms with van der Waals surface area (Å²) in [6.07, 6.45) is 5.41. The molecule has 4 rings (SSSR count). The number of para-hydroxylation sites is 1. The first-order valence-corrected chi connectivity index (χ1v) is 9.44. The molecule has 0 radical (unpaired) electrons. The van der Waals surface area contributed by atoms with E-state index in [0.29, 0.717) is 19.0 Å². The topological polar surface area (TPSA) is 43.9 Å². The lowest BCUT2D eigenvalue weighted by atomic mass is 9.92. The number of likely N-dealkylation sites (tertiary alicyclic amines) is 1. The summed E-state index contributed by atoms with van der Waals surface area (Å²) in [7, 11) is 2.03. The van der Waals surface area contributed by atoms with E-state index >= 15 is 0 Å². The maximum Gasteiger partial charge on any atom is 0.241 e. The second-order valence-electron chi connectivity index (χ2n) is 7.89. The molecule has 3 fully saturated rings. The number of amides is 2. The Labute approximate surface area is 149 Å². The van der Waals surface area contributed by atoms with E-state index in [-0.39, 0.29) is 17.4 Å². The maximum absolute atomic E-state index is 12.8.